The first-order valence-electron chi connectivity index (χ1n) is 6.66. The molecule has 0 saturated carbocycles. The molecule has 3 aromatic rings. The Kier molecular flexibility index (Phi) is 3.31. The molecular weight excluding hydrogens is 262 g/mol. The first kappa shape index (κ1) is 13.2. The topological polar surface area (TPSA) is 78.4 Å². The molecule has 0 aliphatic heterocycles. The molecule has 5 nitrogen and oxygen atoms in total. The summed E-state index contributed by atoms with van der Waals surface area (Å²) < 4.78 is 1.36. The summed E-state index contributed by atoms with van der Waals surface area (Å²) in [5.74, 6) is 0.284. The van der Waals surface area contributed by atoms with Crippen LogP contribution in [0.25, 0.3) is 10.9 Å². The van der Waals surface area contributed by atoms with E-state index in [2.05, 4.69) is 10.1 Å². The number of nitrogens with zero attached hydrogens (tertiary/aromatic N) is 3. The summed E-state index contributed by atoms with van der Waals surface area (Å²) in [5.41, 5.74) is 2.96. The van der Waals surface area contributed by atoms with Crippen LogP contribution >= 0.6 is 0 Å². The number of rotatable bonds is 2. The van der Waals surface area contributed by atoms with Gasteiger partial charge in [0.05, 0.1) is 11.2 Å². The fourth-order valence-corrected chi connectivity index (χ4v) is 2.22. The van der Waals surface area contributed by atoms with Crippen molar-refractivity contribution in [2.75, 3.05) is 0 Å². The smallest absolute Gasteiger partial charge is 0.148 e. The number of aromatic nitrogens is 3. The van der Waals surface area contributed by atoms with Crippen LogP contribution in [0.15, 0.2) is 48.7 Å². The van der Waals surface area contributed by atoms with Gasteiger partial charge in [0.1, 0.15) is 11.3 Å². The summed E-state index contributed by atoms with van der Waals surface area (Å²) in [5, 5.41) is 21.3. The third-order valence-electron chi connectivity index (χ3n) is 3.26. The van der Waals surface area contributed by atoms with Crippen molar-refractivity contribution in [3.63, 3.8) is 0 Å². The molecule has 2 heterocycles. The summed E-state index contributed by atoms with van der Waals surface area (Å²) in [7, 11) is 0. The van der Waals surface area contributed by atoms with Crippen LogP contribution in [-0.2, 0) is 6.42 Å². The van der Waals surface area contributed by atoms with Gasteiger partial charge in [-0.05, 0) is 42.8 Å². The standard InChI is InChI=1S/C16H15N5/c1-11-4-7-15(17)21(20-11)16(18)10-12-5-6-14-13(9-12)3-2-8-19-14/h2-9,17-18H,10H2,1H3. The highest BCUT2D eigenvalue weighted by Gasteiger charge is 2.05. The van der Waals surface area contributed by atoms with E-state index < -0.39 is 0 Å². The highest BCUT2D eigenvalue weighted by molar-refractivity contribution is 5.85. The Bertz CT molecular complexity index is 879. The van der Waals surface area contributed by atoms with E-state index in [0.717, 1.165) is 22.2 Å². The average molecular weight is 277 g/mol. The minimum absolute atomic E-state index is 0.216. The molecule has 21 heavy (non-hydrogen) atoms. The third kappa shape index (κ3) is 2.72. The second-order valence-corrected chi connectivity index (χ2v) is 4.93. The number of pyridine rings is 1. The number of benzene rings is 1. The molecular formula is C16H15N5. The van der Waals surface area contributed by atoms with Gasteiger partial charge in [0, 0.05) is 18.0 Å². The summed E-state index contributed by atoms with van der Waals surface area (Å²) in [4.78, 5) is 4.28. The predicted octanol–water partition coefficient (Wildman–Crippen LogP) is 2.29. The quantitative estimate of drug-likeness (QED) is 0.557. The van der Waals surface area contributed by atoms with E-state index in [-0.39, 0.29) is 11.3 Å². The number of hydrogen-bond acceptors (Lipinski definition) is 4. The second-order valence-electron chi connectivity index (χ2n) is 4.93. The summed E-state index contributed by atoms with van der Waals surface area (Å²) >= 11 is 0. The van der Waals surface area contributed by atoms with E-state index in [1.165, 1.54) is 4.68 Å². The molecule has 104 valence electrons. The van der Waals surface area contributed by atoms with Crippen LogP contribution in [-0.4, -0.2) is 20.6 Å². The highest BCUT2D eigenvalue weighted by atomic mass is 15.3. The van der Waals surface area contributed by atoms with Crippen LogP contribution in [0.3, 0.4) is 0 Å². The van der Waals surface area contributed by atoms with Crippen molar-refractivity contribution in [3.05, 3.63) is 65.4 Å². The van der Waals surface area contributed by atoms with Gasteiger partial charge in [-0.25, -0.2) is 4.68 Å². The zero-order valence-electron chi connectivity index (χ0n) is 11.7. The third-order valence-corrected chi connectivity index (χ3v) is 3.26. The Balaban J connectivity index is 1.92. The molecule has 0 amide bonds. The fraction of sp³-hybridized carbons (Fsp3) is 0.125. The van der Waals surface area contributed by atoms with E-state index >= 15 is 0 Å². The lowest BCUT2D eigenvalue weighted by molar-refractivity contribution is 0.776. The van der Waals surface area contributed by atoms with Gasteiger partial charge in [-0.2, -0.15) is 5.10 Å². The molecule has 0 aliphatic carbocycles. The molecule has 1 aromatic carbocycles. The van der Waals surface area contributed by atoms with Gasteiger partial charge >= 0.3 is 0 Å². The molecule has 5 heteroatoms. The summed E-state index contributed by atoms with van der Waals surface area (Å²) in [6.45, 7) is 1.85. The van der Waals surface area contributed by atoms with Crippen LogP contribution in [0.4, 0.5) is 0 Å². The lowest BCUT2D eigenvalue weighted by atomic mass is 10.1. The molecule has 0 radical (unpaired) electrons. The number of aryl methyl sites for hydroxylation is 1. The average Bonchev–Trinajstić information content (AvgIpc) is 2.49. The van der Waals surface area contributed by atoms with E-state index in [1.807, 2.05) is 37.3 Å². The molecule has 2 N–H and O–H groups in total. The lowest BCUT2D eigenvalue weighted by Gasteiger charge is -2.08. The maximum absolute atomic E-state index is 8.18. The number of nitrogens with one attached hydrogen (secondary N) is 2. The fourth-order valence-electron chi connectivity index (χ4n) is 2.22. The van der Waals surface area contributed by atoms with Crippen molar-refractivity contribution in [2.24, 2.45) is 0 Å². The molecule has 0 atom stereocenters. The lowest BCUT2D eigenvalue weighted by Crippen LogP contribution is -2.30. The number of fused-ring (bicyclic) bond motifs is 1. The first-order chi connectivity index (χ1) is 10.1. The van der Waals surface area contributed by atoms with Crippen molar-refractivity contribution < 1.29 is 0 Å². The van der Waals surface area contributed by atoms with Gasteiger partial charge in [-0.1, -0.05) is 12.1 Å². The zero-order chi connectivity index (χ0) is 14.8. The molecule has 3 rings (SSSR count). The van der Waals surface area contributed by atoms with Crippen molar-refractivity contribution in [2.45, 2.75) is 13.3 Å². The summed E-state index contributed by atoms with van der Waals surface area (Å²) in [6, 6.07) is 13.3. The van der Waals surface area contributed by atoms with Gasteiger partial charge in [0.2, 0.25) is 0 Å². The van der Waals surface area contributed by atoms with Gasteiger partial charge < -0.3 is 0 Å². The van der Waals surface area contributed by atoms with Crippen molar-refractivity contribution in [1.29, 1.82) is 10.8 Å². The predicted molar refractivity (Wildman–Crippen MR) is 81.4 cm³/mol. The zero-order valence-corrected chi connectivity index (χ0v) is 11.7. The monoisotopic (exact) mass is 277 g/mol. The van der Waals surface area contributed by atoms with E-state index in [4.69, 9.17) is 10.8 Å². The second kappa shape index (κ2) is 5.28. The number of hydrogen-bond donors (Lipinski definition) is 2. The Morgan fingerprint density at radius 1 is 1.19 bits per heavy atom. The van der Waals surface area contributed by atoms with E-state index in [9.17, 15) is 0 Å². The molecule has 0 spiro atoms. The minimum atomic E-state index is 0.216. The first-order valence-corrected chi connectivity index (χ1v) is 6.66. The molecule has 0 aliphatic rings. The SMILES string of the molecule is Cc1ccc(=N)n(C(=N)Cc2ccc3ncccc3c2)n1. The molecule has 0 bridgehead atoms. The van der Waals surface area contributed by atoms with Gasteiger partial charge in [0.15, 0.2) is 0 Å². The van der Waals surface area contributed by atoms with Gasteiger partial charge in [-0.15, -0.1) is 0 Å². The van der Waals surface area contributed by atoms with E-state index in [1.54, 1.807) is 18.3 Å². The molecule has 2 aromatic heterocycles. The molecule has 0 unspecified atom stereocenters. The van der Waals surface area contributed by atoms with Crippen LogP contribution in [0.1, 0.15) is 11.3 Å². The Morgan fingerprint density at radius 3 is 2.90 bits per heavy atom. The Hall–Kier alpha value is -2.82. The summed E-state index contributed by atoms with van der Waals surface area (Å²) in [6.07, 6.45) is 2.20. The maximum Gasteiger partial charge on any atom is 0.148 e. The normalized spacial score (nSPS) is 10.7. The van der Waals surface area contributed by atoms with Crippen LogP contribution in [0.5, 0.6) is 0 Å². The molecule has 0 saturated heterocycles. The Morgan fingerprint density at radius 2 is 2.05 bits per heavy atom. The van der Waals surface area contributed by atoms with Crippen molar-refractivity contribution >= 4 is 16.7 Å². The van der Waals surface area contributed by atoms with Crippen LogP contribution in [0, 0.1) is 17.7 Å². The van der Waals surface area contributed by atoms with Crippen LogP contribution < -0.4 is 5.49 Å². The minimum Gasteiger partial charge on any atom is -0.286 e. The largest absolute Gasteiger partial charge is 0.286 e. The van der Waals surface area contributed by atoms with Gasteiger partial charge in [0.25, 0.3) is 0 Å². The van der Waals surface area contributed by atoms with Crippen molar-refractivity contribution in [1.82, 2.24) is 14.8 Å². The molecule has 0 fully saturated rings. The van der Waals surface area contributed by atoms with Crippen LogP contribution in [0.2, 0.25) is 0 Å². The van der Waals surface area contributed by atoms with Crippen molar-refractivity contribution in [3.8, 4) is 0 Å². The van der Waals surface area contributed by atoms with Gasteiger partial charge in [-0.3, -0.25) is 15.8 Å². The highest BCUT2D eigenvalue weighted by Crippen LogP contribution is 2.13. The maximum atomic E-state index is 8.18. The Labute approximate surface area is 121 Å². The van der Waals surface area contributed by atoms with E-state index in [0.29, 0.717) is 6.42 Å².